The zero-order chi connectivity index (χ0) is 21.7. The van der Waals surface area contributed by atoms with Crippen molar-refractivity contribution in [2.45, 2.75) is 34.3 Å². The Labute approximate surface area is 176 Å². The molecule has 1 aromatic heterocycles. The van der Waals surface area contributed by atoms with E-state index in [4.69, 9.17) is 18.7 Å². The predicted octanol–water partition coefficient (Wildman–Crippen LogP) is 5.11. The van der Waals surface area contributed by atoms with E-state index in [0.717, 1.165) is 33.7 Å². The zero-order valence-electron chi connectivity index (χ0n) is 17.8. The fraction of sp³-hybridized carbons (Fsp3) is 0.250. The van der Waals surface area contributed by atoms with Crippen LogP contribution in [0.1, 0.15) is 33.7 Å². The molecule has 6 nitrogen and oxygen atoms in total. The summed E-state index contributed by atoms with van der Waals surface area (Å²) < 4.78 is 21.9. The summed E-state index contributed by atoms with van der Waals surface area (Å²) in [5, 5.41) is 3.93. The second-order valence-electron chi connectivity index (χ2n) is 7.03. The average molecular weight is 407 g/mol. The van der Waals surface area contributed by atoms with E-state index in [2.05, 4.69) is 5.16 Å². The third-order valence-electron chi connectivity index (χ3n) is 4.69. The lowest BCUT2D eigenvalue weighted by Gasteiger charge is -2.11. The molecule has 0 spiro atoms. The first-order valence-electron chi connectivity index (χ1n) is 9.57. The van der Waals surface area contributed by atoms with Crippen LogP contribution in [-0.2, 0) is 11.4 Å². The van der Waals surface area contributed by atoms with Gasteiger partial charge in [-0.15, -0.1) is 0 Å². The van der Waals surface area contributed by atoms with Crippen LogP contribution in [0.4, 0.5) is 0 Å². The Morgan fingerprint density at radius 1 is 1.03 bits per heavy atom. The van der Waals surface area contributed by atoms with E-state index < -0.39 is 5.97 Å². The molecule has 2 aromatic carbocycles. The molecule has 0 atom stereocenters. The molecule has 0 N–H and O–H groups in total. The lowest BCUT2D eigenvalue weighted by molar-refractivity contribution is -0.128. The summed E-state index contributed by atoms with van der Waals surface area (Å²) in [4.78, 5) is 12.2. The summed E-state index contributed by atoms with van der Waals surface area (Å²) >= 11 is 0. The largest absolute Gasteiger partial charge is 0.493 e. The number of aryl methyl sites for hydroxylation is 4. The molecule has 30 heavy (non-hydrogen) atoms. The maximum atomic E-state index is 12.2. The fourth-order valence-electron chi connectivity index (χ4n) is 2.99. The molecule has 0 saturated carbocycles. The molecule has 0 radical (unpaired) electrons. The molecule has 0 unspecified atom stereocenters. The van der Waals surface area contributed by atoms with Crippen molar-refractivity contribution in [1.29, 1.82) is 0 Å². The van der Waals surface area contributed by atoms with Crippen molar-refractivity contribution in [2.24, 2.45) is 0 Å². The van der Waals surface area contributed by atoms with Crippen LogP contribution in [0.2, 0.25) is 0 Å². The third kappa shape index (κ3) is 5.08. The summed E-state index contributed by atoms with van der Waals surface area (Å²) in [5.74, 6) is 1.99. The van der Waals surface area contributed by atoms with Gasteiger partial charge >= 0.3 is 5.97 Å². The van der Waals surface area contributed by atoms with Gasteiger partial charge in [-0.05, 0) is 63.1 Å². The van der Waals surface area contributed by atoms with Gasteiger partial charge in [-0.25, -0.2) is 4.79 Å². The normalized spacial score (nSPS) is 11.0. The summed E-state index contributed by atoms with van der Waals surface area (Å²) in [6, 6.07) is 11.1. The van der Waals surface area contributed by atoms with Crippen LogP contribution in [0, 0.1) is 27.7 Å². The highest BCUT2D eigenvalue weighted by atomic mass is 16.5. The van der Waals surface area contributed by atoms with E-state index in [1.807, 2.05) is 45.9 Å². The van der Waals surface area contributed by atoms with Gasteiger partial charge in [0.15, 0.2) is 11.5 Å². The second kappa shape index (κ2) is 9.31. The number of methoxy groups -OCH3 is 1. The van der Waals surface area contributed by atoms with Crippen molar-refractivity contribution in [1.82, 2.24) is 5.16 Å². The van der Waals surface area contributed by atoms with Gasteiger partial charge in [0.25, 0.3) is 0 Å². The highest BCUT2D eigenvalue weighted by Crippen LogP contribution is 2.30. The summed E-state index contributed by atoms with van der Waals surface area (Å²) in [5.41, 5.74) is 4.53. The number of benzene rings is 2. The summed E-state index contributed by atoms with van der Waals surface area (Å²) in [6.07, 6.45) is 3.06. The predicted molar refractivity (Wildman–Crippen MR) is 114 cm³/mol. The Hall–Kier alpha value is -3.54. The number of carbonyl (C=O) groups excluding carboxylic acids is 1. The number of esters is 1. The van der Waals surface area contributed by atoms with Gasteiger partial charge in [0.05, 0.1) is 18.4 Å². The van der Waals surface area contributed by atoms with Gasteiger partial charge in [0.2, 0.25) is 0 Å². The number of hydrogen-bond donors (Lipinski definition) is 0. The first kappa shape index (κ1) is 21.2. The topological polar surface area (TPSA) is 70.8 Å². The number of carbonyl (C=O) groups is 1. The van der Waals surface area contributed by atoms with E-state index in [0.29, 0.717) is 23.9 Å². The fourth-order valence-corrected chi connectivity index (χ4v) is 2.99. The summed E-state index contributed by atoms with van der Waals surface area (Å²) in [6.45, 7) is 7.95. The van der Waals surface area contributed by atoms with E-state index in [9.17, 15) is 4.79 Å². The van der Waals surface area contributed by atoms with Gasteiger partial charge in [0.1, 0.15) is 18.1 Å². The third-order valence-corrected chi connectivity index (χ3v) is 4.69. The molecular weight excluding hydrogens is 382 g/mol. The Kier molecular flexibility index (Phi) is 6.57. The van der Waals surface area contributed by atoms with Crippen LogP contribution in [0.25, 0.3) is 6.08 Å². The number of rotatable bonds is 7. The Morgan fingerprint density at radius 3 is 2.47 bits per heavy atom. The lowest BCUT2D eigenvalue weighted by atomic mass is 10.1. The smallest absolute Gasteiger partial charge is 0.336 e. The SMILES string of the molecule is COc1cc(/C=C/C(=O)Oc2ccc(C)cc2C)ccc1OCc1c(C)noc1C. The molecule has 0 aliphatic heterocycles. The second-order valence-corrected chi connectivity index (χ2v) is 7.03. The van der Waals surface area contributed by atoms with E-state index in [1.54, 1.807) is 31.4 Å². The molecule has 6 heteroatoms. The number of hydrogen-bond acceptors (Lipinski definition) is 6. The van der Waals surface area contributed by atoms with Crippen molar-refractivity contribution < 1.29 is 23.5 Å². The van der Waals surface area contributed by atoms with Crippen LogP contribution in [0.3, 0.4) is 0 Å². The minimum Gasteiger partial charge on any atom is -0.493 e. The Bertz CT molecular complexity index is 1060. The molecule has 0 aliphatic carbocycles. The average Bonchev–Trinajstić information content (AvgIpc) is 3.04. The van der Waals surface area contributed by atoms with E-state index in [1.165, 1.54) is 6.08 Å². The number of aromatic nitrogens is 1. The van der Waals surface area contributed by atoms with Gasteiger partial charge < -0.3 is 18.7 Å². The minimum atomic E-state index is -0.445. The molecule has 3 aromatic rings. The Morgan fingerprint density at radius 2 is 1.80 bits per heavy atom. The maximum absolute atomic E-state index is 12.2. The van der Waals surface area contributed by atoms with Crippen molar-refractivity contribution in [3.05, 3.63) is 76.2 Å². The summed E-state index contributed by atoms with van der Waals surface area (Å²) in [7, 11) is 1.57. The van der Waals surface area contributed by atoms with Crippen molar-refractivity contribution in [2.75, 3.05) is 7.11 Å². The number of nitrogens with zero attached hydrogens (tertiary/aromatic N) is 1. The van der Waals surface area contributed by atoms with Crippen LogP contribution < -0.4 is 14.2 Å². The molecule has 0 aliphatic rings. The molecular formula is C24H25NO5. The van der Waals surface area contributed by atoms with Gasteiger partial charge in [-0.2, -0.15) is 0 Å². The van der Waals surface area contributed by atoms with Gasteiger partial charge in [-0.3, -0.25) is 0 Å². The molecule has 156 valence electrons. The highest BCUT2D eigenvalue weighted by Gasteiger charge is 2.12. The molecule has 0 bridgehead atoms. The molecule has 0 saturated heterocycles. The number of ether oxygens (including phenoxy) is 3. The molecule has 1 heterocycles. The monoisotopic (exact) mass is 407 g/mol. The van der Waals surface area contributed by atoms with Gasteiger partial charge in [-0.1, -0.05) is 28.9 Å². The van der Waals surface area contributed by atoms with Crippen LogP contribution >= 0.6 is 0 Å². The first-order chi connectivity index (χ1) is 14.4. The first-order valence-corrected chi connectivity index (χ1v) is 9.57. The minimum absolute atomic E-state index is 0.328. The molecule has 0 amide bonds. The van der Waals surface area contributed by atoms with Crippen molar-refractivity contribution >= 4 is 12.0 Å². The van der Waals surface area contributed by atoms with E-state index >= 15 is 0 Å². The van der Waals surface area contributed by atoms with E-state index in [-0.39, 0.29) is 0 Å². The van der Waals surface area contributed by atoms with Crippen LogP contribution in [0.5, 0.6) is 17.2 Å². The Balaban J connectivity index is 1.67. The molecule has 0 fully saturated rings. The maximum Gasteiger partial charge on any atom is 0.336 e. The quantitative estimate of drug-likeness (QED) is 0.308. The zero-order valence-corrected chi connectivity index (χ0v) is 17.8. The van der Waals surface area contributed by atoms with Gasteiger partial charge in [0, 0.05) is 6.08 Å². The van der Waals surface area contributed by atoms with Crippen LogP contribution in [-0.4, -0.2) is 18.2 Å². The molecule has 3 rings (SSSR count). The highest BCUT2D eigenvalue weighted by molar-refractivity contribution is 5.89. The van der Waals surface area contributed by atoms with Crippen molar-refractivity contribution in [3.63, 3.8) is 0 Å². The standard InChI is InChI=1S/C24H25NO5/c1-15-6-9-21(16(2)12-15)29-24(26)11-8-19-7-10-22(23(13-19)27-5)28-14-20-17(3)25-30-18(20)4/h6-13H,14H2,1-5H3/b11-8+. The van der Waals surface area contributed by atoms with Crippen LogP contribution in [0.15, 0.2) is 47.0 Å². The van der Waals surface area contributed by atoms with Crippen molar-refractivity contribution in [3.8, 4) is 17.2 Å². The lowest BCUT2D eigenvalue weighted by Crippen LogP contribution is -2.05.